The lowest BCUT2D eigenvalue weighted by Gasteiger charge is -2.13. The van der Waals surface area contributed by atoms with Crippen molar-refractivity contribution < 1.29 is 0 Å². The smallest absolute Gasteiger partial charge is 0.0573 e. The first kappa shape index (κ1) is 10.9. The number of aryl methyl sites for hydroxylation is 1. The lowest BCUT2D eigenvalue weighted by atomic mass is 10.0. The van der Waals surface area contributed by atoms with E-state index in [-0.39, 0.29) is 6.04 Å². The van der Waals surface area contributed by atoms with Crippen molar-refractivity contribution in [3.05, 3.63) is 56.2 Å². The molecule has 78 valence electrons. The fraction of sp³-hybridized carbons (Fsp3) is 0.167. The molecule has 1 aromatic carbocycles. The molecule has 0 aliphatic heterocycles. The van der Waals surface area contributed by atoms with Crippen LogP contribution in [-0.2, 0) is 0 Å². The van der Waals surface area contributed by atoms with E-state index in [4.69, 9.17) is 5.73 Å². The summed E-state index contributed by atoms with van der Waals surface area (Å²) < 4.78 is 1.07. The minimum atomic E-state index is -0.0353. The highest BCUT2D eigenvalue weighted by molar-refractivity contribution is 9.10. The van der Waals surface area contributed by atoms with Gasteiger partial charge in [-0.05, 0) is 35.6 Å². The van der Waals surface area contributed by atoms with Gasteiger partial charge >= 0.3 is 0 Å². The molecule has 0 amide bonds. The first-order valence-electron chi connectivity index (χ1n) is 4.74. The summed E-state index contributed by atoms with van der Waals surface area (Å²) in [7, 11) is 0. The first-order chi connectivity index (χ1) is 7.20. The van der Waals surface area contributed by atoms with Gasteiger partial charge in [0, 0.05) is 9.35 Å². The van der Waals surface area contributed by atoms with Gasteiger partial charge in [-0.2, -0.15) is 0 Å². The second-order valence-corrected chi connectivity index (χ2v) is 5.41. The van der Waals surface area contributed by atoms with E-state index in [0.717, 1.165) is 10.0 Å². The molecular formula is C12H12BrNS. The summed E-state index contributed by atoms with van der Waals surface area (Å²) in [5.74, 6) is 0. The quantitative estimate of drug-likeness (QED) is 0.889. The first-order valence-corrected chi connectivity index (χ1v) is 6.41. The highest BCUT2D eigenvalue weighted by Gasteiger charge is 2.14. The highest BCUT2D eigenvalue weighted by atomic mass is 79.9. The Hall–Kier alpha value is -0.640. The SMILES string of the molecule is Cc1sccc1C(N)c1ccccc1Br. The van der Waals surface area contributed by atoms with E-state index >= 15 is 0 Å². The summed E-state index contributed by atoms with van der Waals surface area (Å²) in [6.45, 7) is 2.11. The van der Waals surface area contributed by atoms with Crippen LogP contribution in [0.3, 0.4) is 0 Å². The Morgan fingerprint density at radius 2 is 1.93 bits per heavy atom. The van der Waals surface area contributed by atoms with Crippen LogP contribution < -0.4 is 5.73 Å². The van der Waals surface area contributed by atoms with Gasteiger partial charge in [0.1, 0.15) is 0 Å². The monoisotopic (exact) mass is 281 g/mol. The van der Waals surface area contributed by atoms with Gasteiger partial charge in [-0.25, -0.2) is 0 Å². The normalized spacial score (nSPS) is 12.7. The molecule has 0 fully saturated rings. The number of hydrogen-bond acceptors (Lipinski definition) is 2. The van der Waals surface area contributed by atoms with Gasteiger partial charge in [0.25, 0.3) is 0 Å². The zero-order valence-electron chi connectivity index (χ0n) is 8.41. The van der Waals surface area contributed by atoms with Crippen LogP contribution in [0.25, 0.3) is 0 Å². The molecule has 0 radical (unpaired) electrons. The number of hydrogen-bond donors (Lipinski definition) is 1. The molecule has 0 saturated heterocycles. The average Bonchev–Trinajstić information content (AvgIpc) is 2.64. The average molecular weight is 282 g/mol. The standard InChI is InChI=1S/C12H12BrNS/c1-8-9(6-7-15-8)12(14)10-4-2-3-5-11(10)13/h2-7,12H,14H2,1H3. The van der Waals surface area contributed by atoms with Crippen LogP contribution in [0.2, 0.25) is 0 Å². The lowest BCUT2D eigenvalue weighted by molar-refractivity contribution is 0.864. The third-order valence-electron chi connectivity index (χ3n) is 2.47. The van der Waals surface area contributed by atoms with Gasteiger partial charge in [0.2, 0.25) is 0 Å². The third kappa shape index (κ3) is 2.14. The number of benzene rings is 1. The largest absolute Gasteiger partial charge is 0.320 e. The molecule has 1 unspecified atom stereocenters. The molecule has 0 aliphatic rings. The molecule has 3 heteroatoms. The summed E-state index contributed by atoms with van der Waals surface area (Å²) in [4.78, 5) is 1.29. The van der Waals surface area contributed by atoms with Crippen molar-refractivity contribution in [3.63, 3.8) is 0 Å². The summed E-state index contributed by atoms with van der Waals surface area (Å²) in [6, 6.07) is 10.2. The minimum absolute atomic E-state index is 0.0353. The van der Waals surface area contributed by atoms with Crippen LogP contribution in [0.4, 0.5) is 0 Å². The molecule has 2 aromatic rings. The Labute approximate surface area is 102 Å². The number of rotatable bonds is 2. The lowest BCUT2D eigenvalue weighted by Crippen LogP contribution is -2.12. The van der Waals surface area contributed by atoms with Crippen LogP contribution in [0, 0.1) is 6.92 Å². The van der Waals surface area contributed by atoms with Crippen molar-refractivity contribution in [2.75, 3.05) is 0 Å². The molecule has 1 atom stereocenters. The summed E-state index contributed by atoms with van der Waals surface area (Å²) in [5.41, 5.74) is 8.59. The Morgan fingerprint density at radius 1 is 1.20 bits per heavy atom. The second kappa shape index (κ2) is 4.47. The molecule has 0 spiro atoms. The Kier molecular flexibility index (Phi) is 3.24. The minimum Gasteiger partial charge on any atom is -0.320 e. The van der Waals surface area contributed by atoms with E-state index in [2.05, 4.69) is 40.4 Å². The van der Waals surface area contributed by atoms with E-state index in [1.54, 1.807) is 11.3 Å². The van der Waals surface area contributed by atoms with E-state index in [1.807, 2.05) is 18.2 Å². The van der Waals surface area contributed by atoms with Crippen LogP contribution in [0.1, 0.15) is 22.0 Å². The van der Waals surface area contributed by atoms with Crippen LogP contribution >= 0.6 is 27.3 Å². The maximum Gasteiger partial charge on any atom is 0.0573 e. The molecule has 1 heterocycles. The molecule has 1 aromatic heterocycles. The molecule has 2 N–H and O–H groups in total. The van der Waals surface area contributed by atoms with Gasteiger partial charge in [-0.3, -0.25) is 0 Å². The van der Waals surface area contributed by atoms with E-state index in [9.17, 15) is 0 Å². The third-order valence-corrected chi connectivity index (χ3v) is 4.06. The Balaban J connectivity index is 2.41. The van der Waals surface area contributed by atoms with Gasteiger partial charge in [-0.15, -0.1) is 11.3 Å². The Bertz CT molecular complexity index is 464. The van der Waals surface area contributed by atoms with Crippen molar-refractivity contribution in [2.45, 2.75) is 13.0 Å². The number of nitrogens with two attached hydrogens (primary N) is 1. The van der Waals surface area contributed by atoms with Crippen molar-refractivity contribution in [2.24, 2.45) is 5.73 Å². The van der Waals surface area contributed by atoms with E-state index < -0.39 is 0 Å². The fourth-order valence-corrected chi connectivity index (χ4v) is 2.89. The van der Waals surface area contributed by atoms with Crippen molar-refractivity contribution in [1.82, 2.24) is 0 Å². The van der Waals surface area contributed by atoms with Crippen LogP contribution in [0.15, 0.2) is 40.2 Å². The topological polar surface area (TPSA) is 26.0 Å². The Morgan fingerprint density at radius 3 is 2.53 bits per heavy atom. The summed E-state index contributed by atoms with van der Waals surface area (Å²) in [6.07, 6.45) is 0. The molecule has 0 saturated carbocycles. The summed E-state index contributed by atoms with van der Waals surface area (Å²) in [5, 5.41) is 2.08. The molecule has 2 rings (SSSR count). The van der Waals surface area contributed by atoms with Gasteiger partial charge in [-0.1, -0.05) is 34.1 Å². The molecule has 0 bridgehead atoms. The molecular weight excluding hydrogens is 270 g/mol. The maximum atomic E-state index is 6.24. The fourth-order valence-electron chi connectivity index (χ4n) is 1.61. The predicted molar refractivity (Wildman–Crippen MR) is 69.2 cm³/mol. The van der Waals surface area contributed by atoms with Gasteiger partial charge in [0.05, 0.1) is 6.04 Å². The van der Waals surface area contributed by atoms with E-state index in [1.165, 1.54) is 10.4 Å². The van der Waals surface area contributed by atoms with E-state index in [0.29, 0.717) is 0 Å². The van der Waals surface area contributed by atoms with Gasteiger partial charge < -0.3 is 5.73 Å². The molecule has 15 heavy (non-hydrogen) atoms. The second-order valence-electron chi connectivity index (χ2n) is 3.43. The predicted octanol–water partition coefficient (Wildman–Crippen LogP) is 3.87. The van der Waals surface area contributed by atoms with Crippen LogP contribution in [0.5, 0.6) is 0 Å². The number of thiophene rings is 1. The zero-order valence-corrected chi connectivity index (χ0v) is 10.8. The van der Waals surface area contributed by atoms with Crippen molar-refractivity contribution in [1.29, 1.82) is 0 Å². The molecule has 1 nitrogen and oxygen atoms in total. The molecule has 0 aliphatic carbocycles. The van der Waals surface area contributed by atoms with Gasteiger partial charge in [0.15, 0.2) is 0 Å². The summed E-state index contributed by atoms with van der Waals surface area (Å²) >= 11 is 5.27. The maximum absolute atomic E-state index is 6.24. The zero-order chi connectivity index (χ0) is 10.8. The van der Waals surface area contributed by atoms with Crippen molar-refractivity contribution >= 4 is 27.3 Å². The van der Waals surface area contributed by atoms with Crippen molar-refractivity contribution in [3.8, 4) is 0 Å². The number of halogens is 1. The van der Waals surface area contributed by atoms with Crippen LogP contribution in [-0.4, -0.2) is 0 Å². The highest BCUT2D eigenvalue weighted by Crippen LogP contribution is 2.30.